The molecule has 0 unspecified atom stereocenters. The van der Waals surface area contributed by atoms with E-state index >= 15 is 0 Å². The van der Waals surface area contributed by atoms with E-state index in [1.54, 1.807) is 26.4 Å². The summed E-state index contributed by atoms with van der Waals surface area (Å²) in [5.41, 5.74) is 1.50. The summed E-state index contributed by atoms with van der Waals surface area (Å²) in [7, 11) is 3.18. The minimum atomic E-state index is -0.146. The first-order chi connectivity index (χ1) is 10.6. The predicted octanol–water partition coefficient (Wildman–Crippen LogP) is 3.52. The van der Waals surface area contributed by atoms with E-state index < -0.39 is 0 Å². The molecule has 0 aliphatic rings. The molecule has 0 heterocycles. The fourth-order valence-electron chi connectivity index (χ4n) is 1.86. The second-order valence-electron chi connectivity index (χ2n) is 4.48. The van der Waals surface area contributed by atoms with Crippen molar-refractivity contribution in [2.45, 2.75) is 0 Å². The third kappa shape index (κ3) is 4.39. The molecule has 2 rings (SSSR count). The summed E-state index contributed by atoms with van der Waals surface area (Å²) < 4.78 is 11.2. The van der Waals surface area contributed by atoms with Crippen molar-refractivity contribution in [3.8, 4) is 11.5 Å². The molecular formula is C16H17BrN2O3. The summed E-state index contributed by atoms with van der Waals surface area (Å²) in [5.74, 6) is 1.26. The van der Waals surface area contributed by atoms with Crippen molar-refractivity contribution in [2.24, 2.45) is 0 Å². The first kappa shape index (κ1) is 16.2. The van der Waals surface area contributed by atoms with Gasteiger partial charge in [0.1, 0.15) is 11.5 Å². The highest BCUT2D eigenvalue weighted by Crippen LogP contribution is 2.27. The standard InChI is InChI=1S/C16H17BrN2O3/c1-21-13-5-3-4-11(8-13)18-10-16(20)19-12-6-7-14(17)15(9-12)22-2/h3-9,18H,10H2,1-2H3,(H,19,20). The van der Waals surface area contributed by atoms with Crippen LogP contribution in [0.15, 0.2) is 46.9 Å². The number of ether oxygens (including phenoxy) is 2. The van der Waals surface area contributed by atoms with Crippen molar-refractivity contribution >= 4 is 33.2 Å². The lowest BCUT2D eigenvalue weighted by Crippen LogP contribution is -2.21. The zero-order chi connectivity index (χ0) is 15.9. The topological polar surface area (TPSA) is 59.6 Å². The molecule has 6 heteroatoms. The maximum atomic E-state index is 12.0. The van der Waals surface area contributed by atoms with Gasteiger partial charge in [-0.05, 0) is 40.2 Å². The van der Waals surface area contributed by atoms with E-state index in [-0.39, 0.29) is 12.5 Å². The van der Waals surface area contributed by atoms with Crippen LogP contribution in [0.3, 0.4) is 0 Å². The van der Waals surface area contributed by atoms with Crippen LogP contribution >= 0.6 is 15.9 Å². The Kier molecular flexibility index (Phi) is 5.66. The van der Waals surface area contributed by atoms with E-state index in [2.05, 4.69) is 26.6 Å². The van der Waals surface area contributed by atoms with Crippen molar-refractivity contribution in [1.82, 2.24) is 0 Å². The SMILES string of the molecule is COc1cccc(NCC(=O)Nc2ccc(Br)c(OC)c2)c1. The lowest BCUT2D eigenvalue weighted by molar-refractivity contribution is -0.114. The number of hydrogen-bond acceptors (Lipinski definition) is 4. The predicted molar refractivity (Wildman–Crippen MR) is 90.8 cm³/mol. The number of anilines is 2. The highest BCUT2D eigenvalue weighted by atomic mass is 79.9. The quantitative estimate of drug-likeness (QED) is 0.823. The number of nitrogens with one attached hydrogen (secondary N) is 2. The molecule has 1 amide bonds. The zero-order valence-corrected chi connectivity index (χ0v) is 13.9. The van der Waals surface area contributed by atoms with Gasteiger partial charge in [-0.3, -0.25) is 4.79 Å². The van der Waals surface area contributed by atoms with Gasteiger partial charge in [0.15, 0.2) is 0 Å². The first-order valence-corrected chi connectivity index (χ1v) is 7.43. The average molecular weight is 365 g/mol. The Morgan fingerprint density at radius 3 is 2.64 bits per heavy atom. The van der Waals surface area contributed by atoms with Crippen molar-refractivity contribution in [1.29, 1.82) is 0 Å². The van der Waals surface area contributed by atoms with Gasteiger partial charge in [-0.25, -0.2) is 0 Å². The molecule has 2 N–H and O–H groups in total. The van der Waals surface area contributed by atoms with E-state index in [4.69, 9.17) is 9.47 Å². The van der Waals surface area contributed by atoms with E-state index in [0.29, 0.717) is 11.4 Å². The van der Waals surface area contributed by atoms with Crippen LogP contribution in [0.1, 0.15) is 0 Å². The number of carbonyl (C=O) groups excluding carboxylic acids is 1. The number of carbonyl (C=O) groups is 1. The maximum absolute atomic E-state index is 12.0. The molecule has 0 aromatic heterocycles. The molecule has 0 atom stereocenters. The van der Waals surface area contributed by atoms with Crippen LogP contribution in [0.5, 0.6) is 11.5 Å². The van der Waals surface area contributed by atoms with E-state index in [0.717, 1.165) is 15.9 Å². The molecule has 0 fully saturated rings. The van der Waals surface area contributed by atoms with Crippen LogP contribution in [0, 0.1) is 0 Å². The summed E-state index contributed by atoms with van der Waals surface area (Å²) in [6.07, 6.45) is 0. The summed E-state index contributed by atoms with van der Waals surface area (Å²) in [6, 6.07) is 12.8. The van der Waals surface area contributed by atoms with Gasteiger partial charge in [0.2, 0.25) is 5.91 Å². The van der Waals surface area contributed by atoms with Crippen LogP contribution in [0.4, 0.5) is 11.4 Å². The third-order valence-electron chi connectivity index (χ3n) is 2.96. The summed E-state index contributed by atoms with van der Waals surface area (Å²) in [5, 5.41) is 5.86. The van der Waals surface area contributed by atoms with Gasteiger partial charge in [0.05, 0.1) is 25.2 Å². The molecule has 0 saturated heterocycles. The highest BCUT2D eigenvalue weighted by Gasteiger charge is 2.06. The molecule has 0 spiro atoms. The van der Waals surface area contributed by atoms with Crippen LogP contribution in [0.2, 0.25) is 0 Å². The van der Waals surface area contributed by atoms with Gasteiger partial charge in [0.25, 0.3) is 0 Å². The smallest absolute Gasteiger partial charge is 0.243 e. The molecule has 2 aromatic rings. The highest BCUT2D eigenvalue weighted by molar-refractivity contribution is 9.10. The Morgan fingerprint density at radius 2 is 1.91 bits per heavy atom. The van der Waals surface area contributed by atoms with Gasteiger partial charge >= 0.3 is 0 Å². The molecule has 0 aliphatic carbocycles. The van der Waals surface area contributed by atoms with Crippen LogP contribution < -0.4 is 20.1 Å². The lowest BCUT2D eigenvalue weighted by Gasteiger charge is -2.10. The van der Waals surface area contributed by atoms with Crippen molar-refractivity contribution in [3.63, 3.8) is 0 Å². The van der Waals surface area contributed by atoms with Crippen molar-refractivity contribution in [3.05, 3.63) is 46.9 Å². The maximum Gasteiger partial charge on any atom is 0.243 e. The molecule has 116 valence electrons. The Morgan fingerprint density at radius 1 is 1.09 bits per heavy atom. The second kappa shape index (κ2) is 7.70. The monoisotopic (exact) mass is 364 g/mol. The normalized spacial score (nSPS) is 9.95. The molecule has 0 saturated carbocycles. The number of amides is 1. The molecule has 0 radical (unpaired) electrons. The minimum absolute atomic E-state index is 0.146. The molecular weight excluding hydrogens is 348 g/mol. The van der Waals surface area contributed by atoms with Crippen LogP contribution in [-0.4, -0.2) is 26.7 Å². The number of hydrogen-bond donors (Lipinski definition) is 2. The summed E-state index contributed by atoms with van der Waals surface area (Å²) >= 11 is 3.37. The van der Waals surface area contributed by atoms with Crippen LogP contribution in [0.25, 0.3) is 0 Å². The Hall–Kier alpha value is -2.21. The van der Waals surface area contributed by atoms with Crippen LogP contribution in [-0.2, 0) is 4.79 Å². The largest absolute Gasteiger partial charge is 0.497 e. The zero-order valence-electron chi connectivity index (χ0n) is 12.4. The summed E-state index contributed by atoms with van der Waals surface area (Å²) in [6.45, 7) is 0.158. The third-order valence-corrected chi connectivity index (χ3v) is 3.61. The van der Waals surface area contributed by atoms with Crippen molar-refractivity contribution in [2.75, 3.05) is 31.4 Å². The molecule has 5 nitrogen and oxygen atoms in total. The second-order valence-corrected chi connectivity index (χ2v) is 5.34. The average Bonchev–Trinajstić information content (AvgIpc) is 2.55. The molecule has 0 bridgehead atoms. The number of halogens is 1. The molecule has 2 aromatic carbocycles. The number of methoxy groups -OCH3 is 2. The molecule has 0 aliphatic heterocycles. The Bertz CT molecular complexity index is 662. The van der Waals surface area contributed by atoms with E-state index in [1.807, 2.05) is 30.3 Å². The van der Waals surface area contributed by atoms with E-state index in [9.17, 15) is 4.79 Å². The van der Waals surface area contributed by atoms with E-state index in [1.165, 1.54) is 0 Å². The minimum Gasteiger partial charge on any atom is -0.497 e. The molecule has 22 heavy (non-hydrogen) atoms. The fraction of sp³-hybridized carbons (Fsp3) is 0.188. The number of rotatable bonds is 6. The fourth-order valence-corrected chi connectivity index (χ4v) is 2.27. The van der Waals surface area contributed by atoms with Gasteiger partial charge in [-0.15, -0.1) is 0 Å². The Labute approximate surface area is 137 Å². The number of benzene rings is 2. The van der Waals surface area contributed by atoms with Crippen molar-refractivity contribution < 1.29 is 14.3 Å². The summed E-state index contributed by atoms with van der Waals surface area (Å²) in [4.78, 5) is 12.0. The Balaban J connectivity index is 1.92. The van der Waals surface area contributed by atoms with Gasteiger partial charge in [-0.2, -0.15) is 0 Å². The lowest BCUT2D eigenvalue weighted by atomic mass is 10.3. The van der Waals surface area contributed by atoms with Gasteiger partial charge in [-0.1, -0.05) is 6.07 Å². The van der Waals surface area contributed by atoms with Gasteiger partial charge < -0.3 is 20.1 Å². The first-order valence-electron chi connectivity index (χ1n) is 6.63. The van der Waals surface area contributed by atoms with Gasteiger partial charge in [0, 0.05) is 23.5 Å².